The largest absolute Gasteiger partial charge is 0.494 e. The molecule has 27 heavy (non-hydrogen) atoms. The Morgan fingerprint density at radius 1 is 1.26 bits per heavy atom. The van der Waals surface area contributed by atoms with E-state index in [2.05, 4.69) is 16.0 Å². The second kappa shape index (κ2) is 8.41. The molecule has 1 unspecified atom stereocenters. The van der Waals surface area contributed by atoms with Crippen LogP contribution in [0.3, 0.4) is 0 Å². The Labute approximate surface area is 168 Å². The van der Waals surface area contributed by atoms with E-state index in [0.29, 0.717) is 33.7 Å². The standard InChI is InChI=1S/C20H20ClN3O2S/c1-3-26-16-9-7-15(8-10-16)23-19(25)17-12(2)22-20(27)24-18(17)13-5-4-6-14(21)11-13/h4-11,18H,3H2,1-2H3,(H,23,25)(H2,22,24,27). The molecule has 140 valence electrons. The van der Waals surface area contributed by atoms with Crippen molar-refractivity contribution in [2.75, 3.05) is 11.9 Å². The molecule has 0 spiro atoms. The average Bonchev–Trinajstić information content (AvgIpc) is 2.63. The van der Waals surface area contributed by atoms with Gasteiger partial charge in [-0.05, 0) is 68.0 Å². The molecule has 5 nitrogen and oxygen atoms in total. The van der Waals surface area contributed by atoms with Crippen LogP contribution in [-0.4, -0.2) is 17.6 Å². The molecule has 1 aliphatic heterocycles. The predicted molar refractivity (Wildman–Crippen MR) is 112 cm³/mol. The molecule has 0 saturated heterocycles. The summed E-state index contributed by atoms with van der Waals surface area (Å²) in [6.07, 6.45) is 0. The zero-order valence-corrected chi connectivity index (χ0v) is 16.6. The number of nitrogens with one attached hydrogen (secondary N) is 3. The number of halogens is 1. The number of ether oxygens (including phenoxy) is 1. The van der Waals surface area contributed by atoms with Crippen molar-refractivity contribution in [2.24, 2.45) is 0 Å². The van der Waals surface area contributed by atoms with Gasteiger partial charge in [0.15, 0.2) is 5.11 Å². The fourth-order valence-electron chi connectivity index (χ4n) is 2.93. The van der Waals surface area contributed by atoms with Gasteiger partial charge in [-0.3, -0.25) is 4.79 Å². The lowest BCUT2D eigenvalue weighted by Gasteiger charge is -2.30. The summed E-state index contributed by atoms with van der Waals surface area (Å²) in [5.41, 5.74) is 2.80. The number of rotatable bonds is 5. The Morgan fingerprint density at radius 2 is 2.00 bits per heavy atom. The maximum atomic E-state index is 13.0. The van der Waals surface area contributed by atoms with Crippen LogP contribution in [0.15, 0.2) is 59.8 Å². The van der Waals surface area contributed by atoms with Crippen molar-refractivity contribution in [3.05, 3.63) is 70.4 Å². The van der Waals surface area contributed by atoms with Gasteiger partial charge in [-0.15, -0.1) is 0 Å². The highest BCUT2D eigenvalue weighted by atomic mass is 35.5. The van der Waals surface area contributed by atoms with E-state index in [0.717, 1.165) is 11.3 Å². The van der Waals surface area contributed by atoms with Gasteiger partial charge in [-0.25, -0.2) is 0 Å². The predicted octanol–water partition coefficient (Wildman–Crippen LogP) is 4.17. The lowest BCUT2D eigenvalue weighted by Crippen LogP contribution is -2.45. The minimum absolute atomic E-state index is 0.218. The van der Waals surface area contributed by atoms with Gasteiger partial charge in [0.05, 0.1) is 18.2 Å². The van der Waals surface area contributed by atoms with Crippen LogP contribution in [0.25, 0.3) is 0 Å². The zero-order valence-electron chi connectivity index (χ0n) is 15.0. The van der Waals surface area contributed by atoms with Crippen LogP contribution in [-0.2, 0) is 4.79 Å². The van der Waals surface area contributed by atoms with Gasteiger partial charge in [0.25, 0.3) is 5.91 Å². The number of hydrogen-bond acceptors (Lipinski definition) is 3. The van der Waals surface area contributed by atoms with Gasteiger partial charge >= 0.3 is 0 Å². The molecule has 2 aromatic rings. The van der Waals surface area contributed by atoms with E-state index >= 15 is 0 Å². The van der Waals surface area contributed by atoms with Gasteiger partial charge in [0, 0.05) is 16.4 Å². The Bertz CT molecular complexity index is 896. The van der Waals surface area contributed by atoms with E-state index in [4.69, 9.17) is 28.6 Å². The van der Waals surface area contributed by atoms with Crippen molar-refractivity contribution in [1.82, 2.24) is 10.6 Å². The molecule has 7 heteroatoms. The second-order valence-corrected chi connectivity index (χ2v) is 6.88. The first-order valence-electron chi connectivity index (χ1n) is 8.56. The molecule has 0 radical (unpaired) electrons. The normalized spacial score (nSPS) is 16.4. The quantitative estimate of drug-likeness (QED) is 0.656. The molecule has 2 aromatic carbocycles. The fourth-order valence-corrected chi connectivity index (χ4v) is 3.40. The number of amides is 1. The third kappa shape index (κ3) is 4.59. The van der Waals surface area contributed by atoms with Crippen LogP contribution in [0.2, 0.25) is 5.02 Å². The molecule has 1 atom stereocenters. The number of allylic oxidation sites excluding steroid dienone is 1. The second-order valence-electron chi connectivity index (χ2n) is 6.04. The summed E-state index contributed by atoms with van der Waals surface area (Å²) >= 11 is 11.4. The number of anilines is 1. The summed E-state index contributed by atoms with van der Waals surface area (Å²) in [7, 11) is 0. The number of benzene rings is 2. The smallest absolute Gasteiger partial charge is 0.255 e. The highest BCUT2D eigenvalue weighted by molar-refractivity contribution is 7.80. The van der Waals surface area contributed by atoms with E-state index in [-0.39, 0.29) is 11.9 Å². The van der Waals surface area contributed by atoms with E-state index in [1.807, 2.05) is 56.3 Å². The summed E-state index contributed by atoms with van der Waals surface area (Å²) in [5.74, 6) is 0.540. The molecule has 0 saturated carbocycles. The van der Waals surface area contributed by atoms with Crippen LogP contribution in [0.5, 0.6) is 5.75 Å². The first kappa shape index (κ1) is 19.2. The number of carbonyl (C=O) groups excluding carboxylic acids is 1. The van der Waals surface area contributed by atoms with E-state index < -0.39 is 0 Å². The summed E-state index contributed by atoms with van der Waals surface area (Å²) < 4.78 is 5.43. The number of hydrogen-bond donors (Lipinski definition) is 3. The molecule has 0 fully saturated rings. The van der Waals surface area contributed by atoms with Crippen molar-refractivity contribution >= 4 is 40.5 Å². The molecule has 3 N–H and O–H groups in total. The molecular weight excluding hydrogens is 382 g/mol. The van der Waals surface area contributed by atoms with Gasteiger partial charge in [0.1, 0.15) is 5.75 Å². The van der Waals surface area contributed by atoms with Crippen LogP contribution in [0, 0.1) is 0 Å². The fraction of sp³-hybridized carbons (Fsp3) is 0.200. The Kier molecular flexibility index (Phi) is 5.98. The lowest BCUT2D eigenvalue weighted by atomic mass is 9.95. The highest BCUT2D eigenvalue weighted by Gasteiger charge is 2.30. The Balaban J connectivity index is 1.87. The molecule has 3 rings (SSSR count). The maximum absolute atomic E-state index is 13.0. The molecule has 1 amide bonds. The molecule has 1 heterocycles. The Hall–Kier alpha value is -2.57. The van der Waals surface area contributed by atoms with Crippen molar-refractivity contribution < 1.29 is 9.53 Å². The van der Waals surface area contributed by atoms with Crippen molar-refractivity contribution in [3.63, 3.8) is 0 Å². The van der Waals surface area contributed by atoms with Gasteiger partial charge in [0.2, 0.25) is 0 Å². The van der Waals surface area contributed by atoms with Crippen molar-refractivity contribution in [3.8, 4) is 5.75 Å². The highest BCUT2D eigenvalue weighted by Crippen LogP contribution is 2.29. The lowest BCUT2D eigenvalue weighted by molar-refractivity contribution is -0.113. The molecule has 1 aliphatic rings. The van der Waals surface area contributed by atoms with E-state index in [1.54, 1.807) is 6.07 Å². The van der Waals surface area contributed by atoms with E-state index in [1.165, 1.54) is 0 Å². The van der Waals surface area contributed by atoms with Crippen LogP contribution >= 0.6 is 23.8 Å². The summed E-state index contributed by atoms with van der Waals surface area (Å²) in [6, 6.07) is 14.2. The SMILES string of the molecule is CCOc1ccc(NC(=O)C2=C(C)NC(=S)NC2c2cccc(Cl)c2)cc1. The molecule has 0 aromatic heterocycles. The summed E-state index contributed by atoms with van der Waals surface area (Å²) in [4.78, 5) is 13.0. The summed E-state index contributed by atoms with van der Waals surface area (Å²) in [6.45, 7) is 4.35. The van der Waals surface area contributed by atoms with Crippen LogP contribution < -0.4 is 20.7 Å². The number of carbonyl (C=O) groups is 1. The van der Waals surface area contributed by atoms with Gasteiger partial charge in [-0.2, -0.15) is 0 Å². The molecule has 0 bridgehead atoms. The molecular formula is C20H20ClN3O2S. The van der Waals surface area contributed by atoms with Crippen LogP contribution in [0.4, 0.5) is 5.69 Å². The van der Waals surface area contributed by atoms with Gasteiger partial charge in [-0.1, -0.05) is 23.7 Å². The third-order valence-corrected chi connectivity index (χ3v) is 4.57. The third-order valence-electron chi connectivity index (χ3n) is 4.12. The van der Waals surface area contributed by atoms with Crippen LogP contribution in [0.1, 0.15) is 25.5 Å². The minimum Gasteiger partial charge on any atom is -0.494 e. The van der Waals surface area contributed by atoms with Gasteiger partial charge < -0.3 is 20.7 Å². The number of thiocarbonyl (C=S) groups is 1. The first-order chi connectivity index (χ1) is 13.0. The van der Waals surface area contributed by atoms with Crippen molar-refractivity contribution in [1.29, 1.82) is 0 Å². The monoisotopic (exact) mass is 401 g/mol. The first-order valence-corrected chi connectivity index (χ1v) is 9.34. The topological polar surface area (TPSA) is 62.4 Å². The Morgan fingerprint density at radius 3 is 2.67 bits per heavy atom. The minimum atomic E-state index is -0.389. The maximum Gasteiger partial charge on any atom is 0.255 e. The molecule has 0 aliphatic carbocycles. The average molecular weight is 402 g/mol. The summed E-state index contributed by atoms with van der Waals surface area (Å²) in [5, 5.41) is 10.2. The zero-order chi connectivity index (χ0) is 19.4. The van der Waals surface area contributed by atoms with Crippen molar-refractivity contribution in [2.45, 2.75) is 19.9 Å². The van der Waals surface area contributed by atoms with E-state index in [9.17, 15) is 4.79 Å².